The Labute approximate surface area is 295 Å². The fourth-order valence-electron chi connectivity index (χ4n) is 7.88. The third kappa shape index (κ3) is 6.67. The summed E-state index contributed by atoms with van der Waals surface area (Å²) in [6, 6.07) is 8.18. The Morgan fingerprint density at radius 3 is 1.42 bits per heavy atom. The van der Waals surface area contributed by atoms with Crippen LogP contribution >= 0.6 is 0 Å². The largest absolute Gasteiger partial charge is 0.373 e. The van der Waals surface area contributed by atoms with E-state index in [4.69, 9.17) is 0 Å². The van der Waals surface area contributed by atoms with Crippen LogP contribution in [0.4, 0.5) is 11.6 Å². The van der Waals surface area contributed by atoms with Gasteiger partial charge in [0.1, 0.15) is 11.6 Å². The first-order chi connectivity index (χ1) is 24.2. The third-order valence-electron chi connectivity index (χ3n) is 11.4. The van der Waals surface area contributed by atoms with Crippen LogP contribution in [0, 0.1) is 39.5 Å². The van der Waals surface area contributed by atoms with Gasteiger partial charge in [-0.15, -0.1) is 0 Å². The molecule has 6 heterocycles. The lowest BCUT2D eigenvalue weighted by Crippen LogP contribution is -2.25. The molecule has 0 bridgehead atoms. The van der Waals surface area contributed by atoms with Gasteiger partial charge >= 0.3 is 0 Å². The lowest BCUT2D eigenvalue weighted by molar-refractivity contribution is -0.133. The Kier molecular flexibility index (Phi) is 9.28. The van der Waals surface area contributed by atoms with E-state index in [9.17, 15) is 9.59 Å². The lowest BCUT2D eigenvalue weighted by Gasteiger charge is -2.15. The average molecular weight is 673 g/mol. The van der Waals surface area contributed by atoms with Gasteiger partial charge in [0.05, 0.1) is 0 Å². The van der Waals surface area contributed by atoms with E-state index in [-0.39, 0.29) is 11.8 Å². The molecule has 4 aromatic heterocycles. The summed E-state index contributed by atoms with van der Waals surface area (Å²) >= 11 is 0. The van der Waals surface area contributed by atoms with Gasteiger partial charge < -0.3 is 20.4 Å². The van der Waals surface area contributed by atoms with E-state index in [0.717, 1.165) is 35.9 Å². The molecule has 50 heavy (non-hydrogen) atoms. The van der Waals surface area contributed by atoms with Crippen LogP contribution in [0.1, 0.15) is 93.4 Å². The van der Waals surface area contributed by atoms with Crippen LogP contribution < -0.4 is 10.6 Å². The van der Waals surface area contributed by atoms with Crippen molar-refractivity contribution in [1.29, 1.82) is 0 Å². The number of nitrogens with zero attached hydrogens (tertiary/aromatic N) is 6. The molecule has 2 aliphatic heterocycles. The molecule has 2 amide bonds. The molecule has 10 heteroatoms. The molecule has 4 aliphatic rings. The van der Waals surface area contributed by atoms with E-state index in [2.05, 4.69) is 56.5 Å². The Morgan fingerprint density at radius 2 is 1.06 bits per heavy atom. The second-order valence-electron chi connectivity index (χ2n) is 14.4. The maximum Gasteiger partial charge on any atom is 0.223 e. The van der Waals surface area contributed by atoms with Gasteiger partial charge in [-0.3, -0.25) is 19.6 Å². The number of rotatable bonds is 8. The minimum atomic E-state index is 0.256. The first-order valence-corrected chi connectivity index (χ1v) is 17.9. The second kappa shape index (κ2) is 13.8. The highest BCUT2D eigenvalue weighted by Gasteiger charge is 2.42. The number of aromatic nitrogens is 4. The molecule has 4 unspecified atom stereocenters. The zero-order valence-corrected chi connectivity index (χ0v) is 30.1. The van der Waals surface area contributed by atoms with Crippen molar-refractivity contribution in [3.8, 4) is 0 Å². The van der Waals surface area contributed by atoms with E-state index in [1.54, 1.807) is 12.4 Å². The number of carbonyl (C=O) groups is 2. The van der Waals surface area contributed by atoms with E-state index in [1.807, 2.05) is 62.3 Å². The number of amides is 2. The molecule has 0 aromatic carbocycles. The maximum atomic E-state index is 12.8. The molecule has 10 nitrogen and oxygen atoms in total. The molecule has 4 aromatic rings. The van der Waals surface area contributed by atoms with Crippen LogP contribution in [0.5, 0.6) is 0 Å². The van der Waals surface area contributed by atoms with Crippen LogP contribution in [0.15, 0.2) is 49.1 Å². The highest BCUT2D eigenvalue weighted by atomic mass is 16.2. The third-order valence-corrected chi connectivity index (χ3v) is 11.4. The Morgan fingerprint density at radius 1 is 0.660 bits per heavy atom. The summed E-state index contributed by atoms with van der Waals surface area (Å²) < 4.78 is 0. The van der Waals surface area contributed by atoms with Crippen LogP contribution in [0.3, 0.4) is 0 Å². The quantitative estimate of drug-likeness (QED) is 0.223. The van der Waals surface area contributed by atoms with Gasteiger partial charge in [0.2, 0.25) is 11.8 Å². The van der Waals surface area contributed by atoms with Crippen molar-refractivity contribution in [2.45, 2.75) is 91.4 Å². The fourth-order valence-corrected chi connectivity index (χ4v) is 7.88. The second-order valence-corrected chi connectivity index (χ2v) is 14.4. The van der Waals surface area contributed by atoms with Crippen molar-refractivity contribution in [3.63, 3.8) is 0 Å². The predicted octanol–water partition coefficient (Wildman–Crippen LogP) is 6.34. The topological polar surface area (TPSA) is 116 Å². The van der Waals surface area contributed by atoms with Gasteiger partial charge in [-0.1, -0.05) is 12.1 Å². The summed E-state index contributed by atoms with van der Waals surface area (Å²) in [7, 11) is 3.79. The predicted molar refractivity (Wildman–Crippen MR) is 194 cm³/mol. The molecular weight excluding hydrogens is 624 g/mol. The Bertz CT molecular complexity index is 1780. The number of hydrogen-bond acceptors (Lipinski definition) is 8. The minimum Gasteiger partial charge on any atom is -0.373 e. The summed E-state index contributed by atoms with van der Waals surface area (Å²) in [6.07, 6.45) is 10.9. The number of hydrogen-bond donors (Lipinski definition) is 2. The highest BCUT2D eigenvalue weighted by Crippen LogP contribution is 2.51. The molecule has 260 valence electrons. The van der Waals surface area contributed by atoms with E-state index < -0.39 is 0 Å². The number of anilines is 2. The molecule has 4 atom stereocenters. The molecule has 2 N–H and O–H groups in total. The number of pyridine rings is 4. The smallest absolute Gasteiger partial charge is 0.223 e. The number of nitrogens with one attached hydrogen (secondary N) is 2. The Balaban J connectivity index is 0.000000157. The molecule has 2 fully saturated rings. The van der Waals surface area contributed by atoms with Crippen molar-refractivity contribution >= 4 is 23.5 Å². The highest BCUT2D eigenvalue weighted by molar-refractivity contribution is 5.79. The normalized spacial score (nSPS) is 21.2. The molecule has 8 rings (SSSR count). The van der Waals surface area contributed by atoms with Crippen molar-refractivity contribution in [3.05, 3.63) is 105 Å². The fraction of sp³-hybridized carbons (Fsp3) is 0.450. The van der Waals surface area contributed by atoms with Gasteiger partial charge in [-0.05, 0) is 110 Å². The summed E-state index contributed by atoms with van der Waals surface area (Å²) in [6.45, 7) is 11.0. The summed E-state index contributed by atoms with van der Waals surface area (Å²) in [5.41, 5.74) is 11.9. The summed E-state index contributed by atoms with van der Waals surface area (Å²) in [5.74, 6) is 4.26. The van der Waals surface area contributed by atoms with Crippen LogP contribution in [-0.2, 0) is 35.8 Å². The number of fused-ring (bicyclic) bond motifs is 2. The van der Waals surface area contributed by atoms with Crippen LogP contribution in [0.25, 0.3) is 0 Å². The van der Waals surface area contributed by atoms with Gasteiger partial charge in [0.15, 0.2) is 0 Å². The van der Waals surface area contributed by atoms with E-state index >= 15 is 0 Å². The zero-order valence-electron chi connectivity index (χ0n) is 30.1. The first-order valence-electron chi connectivity index (χ1n) is 17.9. The first kappa shape index (κ1) is 33.6. The summed E-state index contributed by atoms with van der Waals surface area (Å²) in [5, 5.41) is 6.36. The average Bonchev–Trinajstić information content (AvgIpc) is 3.97. The standard InChI is InChI=1S/2C20H24N4O/c2*1-12-13(2)23-20(21-3)18-11-24(10-17(12)18)19(25)8-15-7-16(15)14-5-4-6-22-9-14/h2*4-6,9,15-16H,7-8,10-11H2,1-3H3,(H,21,23). The lowest BCUT2D eigenvalue weighted by atomic mass is 10.0. The summed E-state index contributed by atoms with van der Waals surface area (Å²) in [4.78, 5) is 47.2. The minimum absolute atomic E-state index is 0.256. The van der Waals surface area contributed by atoms with Gasteiger partial charge in [-0.2, -0.15) is 0 Å². The molecule has 0 saturated heterocycles. The Hall–Kier alpha value is -4.86. The van der Waals surface area contributed by atoms with Crippen molar-refractivity contribution < 1.29 is 9.59 Å². The van der Waals surface area contributed by atoms with E-state index in [0.29, 0.717) is 62.7 Å². The number of carbonyl (C=O) groups excluding carboxylic acids is 2. The van der Waals surface area contributed by atoms with Crippen LogP contribution in [-0.4, -0.2) is 55.6 Å². The monoisotopic (exact) mass is 672 g/mol. The number of aryl methyl sites for hydroxylation is 2. The van der Waals surface area contributed by atoms with Gasteiger partial charge in [0, 0.05) is 100 Å². The van der Waals surface area contributed by atoms with Crippen molar-refractivity contribution in [2.24, 2.45) is 11.8 Å². The molecule has 2 aliphatic carbocycles. The molecule has 0 radical (unpaired) electrons. The van der Waals surface area contributed by atoms with Crippen molar-refractivity contribution in [1.82, 2.24) is 29.7 Å². The SMILES string of the molecule is CNc1nc(C)c(C)c2c1CN(C(=O)CC1CC1c1cccnc1)C2.CNc1nc(C)c(C)c2c1CN(C(=O)CC1CC1c1cccnc1)C2. The van der Waals surface area contributed by atoms with E-state index in [1.165, 1.54) is 44.5 Å². The molecular formula is C40H48N8O2. The zero-order chi connectivity index (χ0) is 35.1. The van der Waals surface area contributed by atoms with Crippen molar-refractivity contribution in [2.75, 3.05) is 24.7 Å². The molecule has 2 saturated carbocycles. The molecule has 0 spiro atoms. The maximum absolute atomic E-state index is 12.8. The van der Waals surface area contributed by atoms with Crippen LogP contribution in [0.2, 0.25) is 0 Å². The van der Waals surface area contributed by atoms with Gasteiger partial charge in [0.25, 0.3) is 0 Å². The van der Waals surface area contributed by atoms with Gasteiger partial charge in [-0.25, -0.2) is 9.97 Å².